The molecule has 1 aromatic carbocycles. The molecule has 1 unspecified atom stereocenters. The number of benzene rings is 1. The van der Waals surface area contributed by atoms with Gasteiger partial charge in [0.15, 0.2) is 0 Å². The summed E-state index contributed by atoms with van der Waals surface area (Å²) >= 11 is 0. The van der Waals surface area contributed by atoms with Gasteiger partial charge >= 0.3 is 0 Å². The Labute approximate surface area is 120 Å². The Kier molecular flexibility index (Phi) is 3.49. The van der Waals surface area contributed by atoms with Gasteiger partial charge in [0.05, 0.1) is 12.2 Å². The minimum Gasteiger partial charge on any atom is -0.508 e. The first-order valence-corrected chi connectivity index (χ1v) is 7.59. The summed E-state index contributed by atoms with van der Waals surface area (Å²) in [7, 11) is 0. The number of fused-ring (bicyclic) bond motifs is 1. The van der Waals surface area contributed by atoms with Crippen molar-refractivity contribution < 1.29 is 14.2 Å². The van der Waals surface area contributed by atoms with Crippen molar-refractivity contribution in [2.24, 2.45) is 11.8 Å². The van der Waals surface area contributed by atoms with E-state index >= 15 is 4.39 Å². The molecule has 3 heteroatoms. The van der Waals surface area contributed by atoms with Gasteiger partial charge in [-0.15, -0.1) is 0 Å². The molecule has 0 amide bonds. The van der Waals surface area contributed by atoms with Gasteiger partial charge in [-0.05, 0) is 31.7 Å². The van der Waals surface area contributed by atoms with Gasteiger partial charge in [0.25, 0.3) is 0 Å². The second-order valence-electron chi connectivity index (χ2n) is 6.73. The third kappa shape index (κ3) is 2.44. The number of hydrogen-bond acceptors (Lipinski definition) is 2. The number of aromatic hydroxyl groups is 1. The van der Waals surface area contributed by atoms with Gasteiger partial charge < -0.3 is 9.84 Å². The highest BCUT2D eigenvalue weighted by atomic mass is 19.1. The normalized spacial score (nSPS) is 41.1. The lowest BCUT2D eigenvalue weighted by Crippen LogP contribution is -2.49. The highest BCUT2D eigenvalue weighted by Crippen LogP contribution is 2.50. The molecule has 1 aliphatic carbocycles. The topological polar surface area (TPSA) is 29.5 Å². The SMILES string of the molecule is C[C@@H]1CC[C@@H]2[C@@H](C1)O[C@@H](c1ccccc1O)CC2(C)F. The van der Waals surface area contributed by atoms with Crippen molar-refractivity contribution in [3.05, 3.63) is 29.8 Å². The van der Waals surface area contributed by atoms with Gasteiger partial charge in [0.1, 0.15) is 11.4 Å². The first-order valence-electron chi connectivity index (χ1n) is 7.59. The fraction of sp³-hybridized carbons (Fsp3) is 0.647. The molecule has 110 valence electrons. The van der Waals surface area contributed by atoms with Gasteiger partial charge in [-0.25, -0.2) is 4.39 Å². The molecule has 2 aliphatic rings. The van der Waals surface area contributed by atoms with Crippen LogP contribution in [0.1, 0.15) is 51.2 Å². The molecule has 20 heavy (non-hydrogen) atoms. The summed E-state index contributed by atoms with van der Waals surface area (Å²) in [5.41, 5.74) is -0.497. The summed E-state index contributed by atoms with van der Waals surface area (Å²) < 4.78 is 21.2. The van der Waals surface area contributed by atoms with E-state index < -0.39 is 5.67 Å². The lowest BCUT2D eigenvalue weighted by Gasteiger charge is -2.48. The Morgan fingerprint density at radius 1 is 1.30 bits per heavy atom. The zero-order valence-corrected chi connectivity index (χ0v) is 12.2. The molecule has 1 saturated carbocycles. The van der Waals surface area contributed by atoms with Crippen LogP contribution in [-0.2, 0) is 4.74 Å². The number of ether oxygens (including phenoxy) is 1. The van der Waals surface area contributed by atoms with Crippen molar-refractivity contribution >= 4 is 0 Å². The lowest BCUT2D eigenvalue weighted by atomic mass is 9.69. The van der Waals surface area contributed by atoms with E-state index in [0.29, 0.717) is 17.9 Å². The minimum absolute atomic E-state index is 0.000745. The van der Waals surface area contributed by atoms with Crippen molar-refractivity contribution in [3.8, 4) is 5.75 Å². The molecule has 3 rings (SSSR count). The van der Waals surface area contributed by atoms with Crippen LogP contribution in [0.15, 0.2) is 24.3 Å². The predicted octanol–water partition coefficient (Wildman–Crippen LogP) is 4.39. The first-order chi connectivity index (χ1) is 9.47. The summed E-state index contributed by atoms with van der Waals surface area (Å²) in [5, 5.41) is 9.98. The standard InChI is InChI=1S/C17H23FO2/c1-11-7-8-13-15(9-11)20-16(10-17(13,2)18)12-5-3-4-6-14(12)19/h3-6,11,13,15-16,19H,7-10H2,1-2H3/t11-,13-,15-,16-,17?/m1/s1. The van der Waals surface area contributed by atoms with Gasteiger partial charge in [0, 0.05) is 17.9 Å². The molecule has 1 aliphatic heterocycles. The van der Waals surface area contributed by atoms with Crippen LogP contribution in [0.5, 0.6) is 5.75 Å². The molecule has 1 aromatic rings. The number of halogens is 1. The van der Waals surface area contributed by atoms with Crippen molar-refractivity contribution in [3.63, 3.8) is 0 Å². The van der Waals surface area contributed by atoms with Crippen LogP contribution < -0.4 is 0 Å². The van der Waals surface area contributed by atoms with Crippen LogP contribution in [0.25, 0.3) is 0 Å². The molecular formula is C17H23FO2. The van der Waals surface area contributed by atoms with Crippen LogP contribution in [-0.4, -0.2) is 16.9 Å². The number of phenols is 1. The van der Waals surface area contributed by atoms with Gasteiger partial charge in [-0.3, -0.25) is 0 Å². The van der Waals surface area contributed by atoms with Crippen molar-refractivity contribution in [2.75, 3.05) is 0 Å². The summed E-state index contributed by atoms with van der Waals surface area (Å²) in [6.45, 7) is 3.91. The van der Waals surface area contributed by atoms with E-state index in [-0.39, 0.29) is 23.9 Å². The molecule has 0 radical (unpaired) electrons. The Morgan fingerprint density at radius 3 is 2.80 bits per heavy atom. The molecule has 1 saturated heterocycles. The fourth-order valence-electron chi connectivity index (χ4n) is 3.88. The van der Waals surface area contributed by atoms with E-state index in [0.717, 1.165) is 19.3 Å². The third-order valence-electron chi connectivity index (χ3n) is 5.03. The molecule has 2 fully saturated rings. The molecule has 1 heterocycles. The predicted molar refractivity (Wildman–Crippen MR) is 76.4 cm³/mol. The highest BCUT2D eigenvalue weighted by Gasteiger charge is 2.49. The second kappa shape index (κ2) is 5.03. The molecule has 0 bridgehead atoms. The van der Waals surface area contributed by atoms with Crippen molar-refractivity contribution in [1.82, 2.24) is 0 Å². The largest absolute Gasteiger partial charge is 0.508 e. The summed E-state index contributed by atoms with van der Waals surface area (Å²) in [5.74, 6) is 0.798. The Morgan fingerprint density at radius 2 is 2.05 bits per heavy atom. The van der Waals surface area contributed by atoms with Crippen molar-refractivity contribution in [2.45, 2.75) is 57.4 Å². The molecule has 0 spiro atoms. The maximum Gasteiger partial charge on any atom is 0.121 e. The fourth-order valence-corrected chi connectivity index (χ4v) is 3.88. The second-order valence-corrected chi connectivity index (χ2v) is 6.73. The van der Waals surface area contributed by atoms with Gasteiger partial charge in [-0.2, -0.15) is 0 Å². The summed E-state index contributed by atoms with van der Waals surface area (Å²) in [4.78, 5) is 0. The maximum absolute atomic E-state index is 15.0. The number of para-hydroxylation sites is 1. The molecule has 2 nitrogen and oxygen atoms in total. The quantitative estimate of drug-likeness (QED) is 0.825. The zero-order valence-electron chi connectivity index (χ0n) is 12.2. The molecular weight excluding hydrogens is 255 g/mol. The van der Waals surface area contributed by atoms with Gasteiger partial charge in [0.2, 0.25) is 0 Å². The first kappa shape index (κ1) is 13.9. The maximum atomic E-state index is 15.0. The third-order valence-corrected chi connectivity index (χ3v) is 5.03. The van der Waals surface area contributed by atoms with E-state index in [1.54, 1.807) is 19.1 Å². The van der Waals surface area contributed by atoms with E-state index in [9.17, 15) is 5.11 Å². The Balaban J connectivity index is 1.87. The van der Waals surface area contributed by atoms with Crippen molar-refractivity contribution in [1.29, 1.82) is 0 Å². The minimum atomic E-state index is -1.21. The lowest BCUT2D eigenvalue weighted by molar-refractivity contribution is -0.172. The molecule has 1 N–H and O–H groups in total. The van der Waals surface area contributed by atoms with E-state index in [4.69, 9.17) is 4.74 Å². The molecule has 5 atom stereocenters. The van der Waals surface area contributed by atoms with Crippen LogP contribution in [0.2, 0.25) is 0 Å². The smallest absolute Gasteiger partial charge is 0.121 e. The number of phenolic OH excluding ortho intramolecular Hbond substituents is 1. The van der Waals surface area contributed by atoms with E-state index in [1.807, 2.05) is 12.1 Å². The van der Waals surface area contributed by atoms with Crippen LogP contribution in [0, 0.1) is 11.8 Å². The van der Waals surface area contributed by atoms with Crippen LogP contribution in [0.4, 0.5) is 4.39 Å². The van der Waals surface area contributed by atoms with Gasteiger partial charge in [-0.1, -0.05) is 31.5 Å². The number of rotatable bonds is 1. The number of hydrogen-bond donors (Lipinski definition) is 1. The van der Waals surface area contributed by atoms with E-state index in [2.05, 4.69) is 6.92 Å². The average molecular weight is 278 g/mol. The monoisotopic (exact) mass is 278 g/mol. The Bertz CT molecular complexity index is 486. The Hall–Kier alpha value is -1.09. The van der Waals surface area contributed by atoms with Crippen LogP contribution in [0.3, 0.4) is 0 Å². The zero-order chi connectivity index (χ0) is 14.3. The highest BCUT2D eigenvalue weighted by molar-refractivity contribution is 5.34. The van der Waals surface area contributed by atoms with E-state index in [1.165, 1.54) is 0 Å². The van der Waals surface area contributed by atoms with Crippen LogP contribution >= 0.6 is 0 Å². The summed E-state index contributed by atoms with van der Waals surface area (Å²) in [6, 6.07) is 7.12. The molecule has 0 aromatic heterocycles. The number of alkyl halides is 1. The average Bonchev–Trinajstić information content (AvgIpc) is 2.37. The summed E-state index contributed by atoms with van der Waals surface area (Å²) in [6.07, 6.45) is 2.90.